The van der Waals surface area contributed by atoms with E-state index < -0.39 is 0 Å². The van der Waals surface area contributed by atoms with E-state index >= 15 is 0 Å². The lowest BCUT2D eigenvalue weighted by molar-refractivity contribution is -0.113. The molecule has 0 saturated carbocycles. The molecule has 174 valence electrons. The number of nitrogens with zero attached hydrogens (tertiary/aromatic N) is 1. The van der Waals surface area contributed by atoms with Gasteiger partial charge in [0.2, 0.25) is 0 Å². The first-order valence-electron chi connectivity index (χ1n) is 10.9. The lowest BCUT2D eigenvalue weighted by Gasteiger charge is -2.16. The molecule has 0 spiro atoms. The van der Waals surface area contributed by atoms with Gasteiger partial charge in [-0.3, -0.25) is 9.69 Å². The molecule has 0 N–H and O–H groups in total. The molecule has 0 unspecified atom stereocenters. The standard InChI is InChI=1S/C27H25NO4S2/c1-19-8-3-4-9-22(19)28-26(29)25(34-27(28)33)18-20-12-14-21(15-13-20)31-16-7-17-32-24-11-6-5-10-23(24)30-2/h3-6,8-15,18H,7,16-17H2,1-2H3. The fraction of sp³-hybridized carbons (Fsp3) is 0.185. The first kappa shape index (κ1) is 23.9. The normalized spacial score (nSPS) is 14.5. The fourth-order valence-electron chi connectivity index (χ4n) is 3.47. The van der Waals surface area contributed by atoms with Crippen molar-refractivity contribution in [3.05, 3.63) is 88.8 Å². The molecule has 1 aliphatic heterocycles. The van der Waals surface area contributed by atoms with E-state index in [1.165, 1.54) is 11.8 Å². The number of ether oxygens (including phenoxy) is 3. The summed E-state index contributed by atoms with van der Waals surface area (Å²) in [6.45, 7) is 3.03. The molecule has 0 atom stereocenters. The summed E-state index contributed by atoms with van der Waals surface area (Å²) in [4.78, 5) is 15.2. The Hall–Kier alpha value is -3.29. The molecular formula is C27H25NO4S2. The van der Waals surface area contributed by atoms with Gasteiger partial charge in [0, 0.05) is 6.42 Å². The van der Waals surface area contributed by atoms with Crippen LogP contribution in [0.4, 0.5) is 5.69 Å². The zero-order chi connectivity index (χ0) is 23.9. The number of carbonyl (C=O) groups is 1. The molecule has 1 aliphatic rings. The summed E-state index contributed by atoms with van der Waals surface area (Å²) >= 11 is 6.80. The highest BCUT2D eigenvalue weighted by Crippen LogP contribution is 2.37. The van der Waals surface area contributed by atoms with Crippen molar-refractivity contribution < 1.29 is 19.0 Å². The lowest BCUT2D eigenvalue weighted by atomic mass is 10.1. The van der Waals surface area contributed by atoms with Crippen molar-refractivity contribution in [1.29, 1.82) is 0 Å². The Morgan fingerprint density at radius 2 is 1.59 bits per heavy atom. The van der Waals surface area contributed by atoms with E-state index in [1.807, 2.05) is 85.8 Å². The number of hydrogen-bond donors (Lipinski definition) is 0. The molecule has 0 aliphatic carbocycles. The highest BCUT2D eigenvalue weighted by Gasteiger charge is 2.33. The summed E-state index contributed by atoms with van der Waals surface area (Å²) in [5.41, 5.74) is 2.75. The Labute approximate surface area is 209 Å². The Balaban J connectivity index is 1.30. The number of amides is 1. The zero-order valence-electron chi connectivity index (χ0n) is 19.0. The van der Waals surface area contributed by atoms with Gasteiger partial charge in [-0.2, -0.15) is 0 Å². The van der Waals surface area contributed by atoms with Gasteiger partial charge < -0.3 is 14.2 Å². The van der Waals surface area contributed by atoms with E-state index in [-0.39, 0.29) is 5.91 Å². The van der Waals surface area contributed by atoms with Crippen LogP contribution in [-0.4, -0.2) is 30.6 Å². The van der Waals surface area contributed by atoms with E-state index in [2.05, 4.69) is 0 Å². The predicted octanol–water partition coefficient (Wildman–Crippen LogP) is 6.26. The van der Waals surface area contributed by atoms with Crippen molar-refractivity contribution in [3.63, 3.8) is 0 Å². The highest BCUT2D eigenvalue weighted by atomic mass is 32.2. The van der Waals surface area contributed by atoms with Crippen molar-refractivity contribution in [2.24, 2.45) is 0 Å². The number of thioether (sulfide) groups is 1. The van der Waals surface area contributed by atoms with Gasteiger partial charge >= 0.3 is 0 Å². The molecule has 1 fully saturated rings. The molecule has 1 amide bonds. The summed E-state index contributed by atoms with van der Waals surface area (Å²) in [6, 6.07) is 23.0. The van der Waals surface area contributed by atoms with E-state index in [9.17, 15) is 4.79 Å². The number of para-hydroxylation sites is 3. The van der Waals surface area contributed by atoms with Gasteiger partial charge in [0.25, 0.3) is 5.91 Å². The van der Waals surface area contributed by atoms with Crippen molar-refractivity contribution in [1.82, 2.24) is 0 Å². The third kappa shape index (κ3) is 5.61. The van der Waals surface area contributed by atoms with E-state index in [0.29, 0.717) is 22.4 Å². The second-order valence-electron chi connectivity index (χ2n) is 7.57. The second-order valence-corrected chi connectivity index (χ2v) is 9.25. The molecule has 1 heterocycles. The molecule has 7 heteroatoms. The quantitative estimate of drug-likeness (QED) is 0.200. The second kappa shape index (κ2) is 11.2. The van der Waals surface area contributed by atoms with Gasteiger partial charge in [0.05, 0.1) is 30.9 Å². The van der Waals surface area contributed by atoms with Gasteiger partial charge in [-0.1, -0.05) is 66.4 Å². The lowest BCUT2D eigenvalue weighted by Crippen LogP contribution is -2.28. The number of hydrogen-bond acceptors (Lipinski definition) is 6. The Kier molecular flexibility index (Phi) is 7.87. The maximum absolute atomic E-state index is 13.0. The van der Waals surface area contributed by atoms with Crippen LogP contribution in [0, 0.1) is 6.92 Å². The molecule has 0 aromatic heterocycles. The molecule has 0 radical (unpaired) electrons. The zero-order valence-corrected chi connectivity index (χ0v) is 20.7. The Morgan fingerprint density at radius 1 is 0.912 bits per heavy atom. The summed E-state index contributed by atoms with van der Waals surface area (Å²) in [5.74, 6) is 2.11. The summed E-state index contributed by atoms with van der Waals surface area (Å²) in [5, 5.41) is 0. The third-order valence-corrected chi connectivity index (χ3v) is 6.51. The molecule has 0 bridgehead atoms. The van der Waals surface area contributed by atoms with Crippen LogP contribution < -0.4 is 19.1 Å². The van der Waals surface area contributed by atoms with Gasteiger partial charge in [0.1, 0.15) is 5.75 Å². The van der Waals surface area contributed by atoms with Crippen LogP contribution >= 0.6 is 24.0 Å². The average Bonchev–Trinajstić information content (AvgIpc) is 3.13. The minimum absolute atomic E-state index is 0.0975. The van der Waals surface area contributed by atoms with Gasteiger partial charge in [-0.15, -0.1) is 0 Å². The Morgan fingerprint density at radius 3 is 2.32 bits per heavy atom. The largest absolute Gasteiger partial charge is 0.493 e. The molecule has 3 aromatic rings. The van der Waals surface area contributed by atoms with Crippen molar-refractivity contribution >= 4 is 46.0 Å². The number of carbonyl (C=O) groups excluding carboxylic acids is 1. The van der Waals surface area contributed by atoms with Crippen LogP contribution in [0.2, 0.25) is 0 Å². The maximum Gasteiger partial charge on any atom is 0.270 e. The number of anilines is 1. The van der Waals surface area contributed by atoms with Crippen LogP contribution in [0.5, 0.6) is 17.2 Å². The number of methoxy groups -OCH3 is 1. The van der Waals surface area contributed by atoms with Crippen LogP contribution in [0.3, 0.4) is 0 Å². The number of aryl methyl sites for hydroxylation is 1. The van der Waals surface area contributed by atoms with Crippen LogP contribution in [0.15, 0.2) is 77.7 Å². The summed E-state index contributed by atoms with van der Waals surface area (Å²) < 4.78 is 17.4. The van der Waals surface area contributed by atoms with Crippen LogP contribution in [0.25, 0.3) is 6.08 Å². The Bertz CT molecular complexity index is 1210. The van der Waals surface area contributed by atoms with E-state index in [0.717, 1.165) is 40.5 Å². The number of thiocarbonyl (C=S) groups is 1. The summed E-state index contributed by atoms with van der Waals surface area (Å²) in [7, 11) is 1.63. The first-order chi connectivity index (χ1) is 16.6. The molecule has 1 saturated heterocycles. The van der Waals surface area contributed by atoms with Gasteiger partial charge in [-0.25, -0.2) is 0 Å². The minimum atomic E-state index is -0.0975. The average molecular weight is 492 g/mol. The van der Waals surface area contributed by atoms with Crippen LogP contribution in [-0.2, 0) is 4.79 Å². The first-order valence-corrected chi connectivity index (χ1v) is 12.1. The van der Waals surface area contributed by atoms with Gasteiger partial charge in [-0.05, 0) is 54.5 Å². The van der Waals surface area contributed by atoms with Crippen molar-refractivity contribution in [2.45, 2.75) is 13.3 Å². The van der Waals surface area contributed by atoms with Crippen molar-refractivity contribution in [3.8, 4) is 17.2 Å². The monoisotopic (exact) mass is 491 g/mol. The molecule has 4 rings (SSSR count). The third-order valence-electron chi connectivity index (χ3n) is 5.21. The summed E-state index contributed by atoms with van der Waals surface area (Å²) in [6.07, 6.45) is 2.60. The predicted molar refractivity (Wildman–Crippen MR) is 142 cm³/mol. The minimum Gasteiger partial charge on any atom is -0.493 e. The smallest absolute Gasteiger partial charge is 0.270 e. The van der Waals surface area contributed by atoms with E-state index in [4.69, 9.17) is 26.4 Å². The topological polar surface area (TPSA) is 48.0 Å². The highest BCUT2D eigenvalue weighted by molar-refractivity contribution is 8.27. The molecule has 3 aromatic carbocycles. The van der Waals surface area contributed by atoms with E-state index in [1.54, 1.807) is 12.0 Å². The molecular weight excluding hydrogens is 466 g/mol. The van der Waals surface area contributed by atoms with Crippen LogP contribution in [0.1, 0.15) is 17.5 Å². The molecule has 34 heavy (non-hydrogen) atoms. The number of rotatable bonds is 9. The fourth-order valence-corrected chi connectivity index (χ4v) is 4.76. The number of benzene rings is 3. The SMILES string of the molecule is COc1ccccc1OCCCOc1ccc(C=C2SC(=S)N(c3ccccc3C)C2=O)cc1. The maximum atomic E-state index is 13.0. The van der Waals surface area contributed by atoms with Gasteiger partial charge in [0.15, 0.2) is 15.8 Å². The van der Waals surface area contributed by atoms with Crippen molar-refractivity contribution in [2.75, 3.05) is 25.2 Å². The molecule has 5 nitrogen and oxygen atoms in total.